The SMILES string of the molecule is CC(C)c1csc(NC(=O)[C@@H]2Cc3ccccc3CN2)n1. The first kappa shape index (κ1) is 14.2. The zero-order valence-electron chi connectivity index (χ0n) is 12.2. The van der Waals surface area contributed by atoms with Crippen molar-refractivity contribution in [2.75, 3.05) is 5.32 Å². The van der Waals surface area contributed by atoms with Crippen molar-refractivity contribution in [1.29, 1.82) is 0 Å². The van der Waals surface area contributed by atoms with Gasteiger partial charge in [0, 0.05) is 11.9 Å². The quantitative estimate of drug-likeness (QED) is 0.916. The zero-order valence-corrected chi connectivity index (χ0v) is 13.0. The van der Waals surface area contributed by atoms with Gasteiger partial charge in [0.05, 0.1) is 11.7 Å². The fourth-order valence-electron chi connectivity index (χ4n) is 2.44. The molecule has 0 bridgehead atoms. The van der Waals surface area contributed by atoms with E-state index >= 15 is 0 Å². The van der Waals surface area contributed by atoms with Crippen LogP contribution in [-0.2, 0) is 17.8 Å². The molecule has 5 heteroatoms. The molecule has 0 fully saturated rings. The van der Waals surface area contributed by atoms with Crippen molar-refractivity contribution in [3.8, 4) is 0 Å². The highest BCUT2D eigenvalue weighted by atomic mass is 32.1. The van der Waals surface area contributed by atoms with Gasteiger partial charge in [0.25, 0.3) is 0 Å². The number of carbonyl (C=O) groups is 1. The molecule has 1 aliphatic heterocycles. The van der Waals surface area contributed by atoms with Crippen molar-refractivity contribution in [3.63, 3.8) is 0 Å². The number of fused-ring (bicyclic) bond motifs is 1. The molecule has 0 radical (unpaired) electrons. The maximum Gasteiger partial charge on any atom is 0.243 e. The molecule has 21 heavy (non-hydrogen) atoms. The zero-order chi connectivity index (χ0) is 14.8. The average Bonchev–Trinajstić information content (AvgIpc) is 2.95. The summed E-state index contributed by atoms with van der Waals surface area (Å²) in [5.41, 5.74) is 3.55. The highest BCUT2D eigenvalue weighted by Crippen LogP contribution is 2.22. The molecule has 2 aromatic rings. The summed E-state index contributed by atoms with van der Waals surface area (Å²) in [6.07, 6.45) is 0.727. The van der Waals surface area contributed by atoms with Gasteiger partial charge in [-0.05, 0) is 23.5 Å². The van der Waals surface area contributed by atoms with Crippen LogP contribution in [-0.4, -0.2) is 16.9 Å². The Morgan fingerprint density at radius 3 is 2.86 bits per heavy atom. The van der Waals surface area contributed by atoms with Crippen molar-refractivity contribution in [2.45, 2.75) is 38.8 Å². The molecule has 0 unspecified atom stereocenters. The lowest BCUT2D eigenvalue weighted by molar-refractivity contribution is -0.118. The third-order valence-electron chi connectivity index (χ3n) is 3.74. The van der Waals surface area contributed by atoms with E-state index in [1.54, 1.807) is 0 Å². The minimum Gasteiger partial charge on any atom is -0.301 e. The minimum absolute atomic E-state index is 0.00541. The van der Waals surface area contributed by atoms with Gasteiger partial charge < -0.3 is 10.6 Å². The highest BCUT2D eigenvalue weighted by molar-refractivity contribution is 7.13. The van der Waals surface area contributed by atoms with Gasteiger partial charge >= 0.3 is 0 Å². The average molecular weight is 301 g/mol. The third-order valence-corrected chi connectivity index (χ3v) is 4.52. The van der Waals surface area contributed by atoms with Gasteiger partial charge in [0.1, 0.15) is 0 Å². The molecule has 2 heterocycles. The van der Waals surface area contributed by atoms with Crippen LogP contribution in [0.15, 0.2) is 29.6 Å². The van der Waals surface area contributed by atoms with Crippen LogP contribution < -0.4 is 10.6 Å². The topological polar surface area (TPSA) is 54.0 Å². The molecule has 110 valence electrons. The molecule has 1 aliphatic rings. The first-order valence-corrected chi connectivity index (χ1v) is 8.08. The summed E-state index contributed by atoms with van der Waals surface area (Å²) in [6, 6.07) is 8.06. The molecular formula is C16H19N3OS. The Morgan fingerprint density at radius 1 is 1.38 bits per heavy atom. The van der Waals surface area contributed by atoms with Crippen LogP contribution in [0.3, 0.4) is 0 Å². The predicted octanol–water partition coefficient (Wildman–Crippen LogP) is 2.92. The van der Waals surface area contributed by atoms with E-state index in [0.29, 0.717) is 11.0 Å². The third kappa shape index (κ3) is 3.14. The van der Waals surface area contributed by atoms with Crippen molar-refractivity contribution in [2.24, 2.45) is 0 Å². The van der Waals surface area contributed by atoms with E-state index < -0.39 is 0 Å². The van der Waals surface area contributed by atoms with E-state index in [1.165, 1.54) is 22.5 Å². The van der Waals surface area contributed by atoms with Gasteiger partial charge in [0.2, 0.25) is 5.91 Å². The second-order valence-corrected chi connectivity index (χ2v) is 6.49. The van der Waals surface area contributed by atoms with E-state index in [0.717, 1.165) is 18.7 Å². The summed E-state index contributed by atoms with van der Waals surface area (Å²) >= 11 is 1.48. The Kier molecular flexibility index (Phi) is 4.03. The molecule has 0 saturated heterocycles. The Morgan fingerprint density at radius 2 is 2.14 bits per heavy atom. The molecular weight excluding hydrogens is 282 g/mol. The number of carbonyl (C=O) groups excluding carboxylic acids is 1. The van der Waals surface area contributed by atoms with Gasteiger partial charge in [-0.1, -0.05) is 38.1 Å². The Hall–Kier alpha value is -1.72. The number of amides is 1. The molecule has 2 N–H and O–H groups in total. The van der Waals surface area contributed by atoms with Gasteiger partial charge in [-0.15, -0.1) is 11.3 Å². The maximum absolute atomic E-state index is 12.3. The maximum atomic E-state index is 12.3. The second-order valence-electron chi connectivity index (χ2n) is 5.63. The molecule has 1 aromatic heterocycles. The van der Waals surface area contributed by atoms with E-state index in [-0.39, 0.29) is 11.9 Å². The molecule has 0 aliphatic carbocycles. The fraction of sp³-hybridized carbons (Fsp3) is 0.375. The first-order chi connectivity index (χ1) is 10.1. The normalized spacial score (nSPS) is 17.6. The lowest BCUT2D eigenvalue weighted by Crippen LogP contribution is -2.44. The van der Waals surface area contributed by atoms with Crippen LogP contribution in [0.4, 0.5) is 5.13 Å². The number of hydrogen-bond acceptors (Lipinski definition) is 4. The fourth-order valence-corrected chi connectivity index (χ4v) is 3.32. The highest BCUT2D eigenvalue weighted by Gasteiger charge is 2.24. The molecule has 1 aromatic carbocycles. The van der Waals surface area contributed by atoms with Crippen molar-refractivity contribution >= 4 is 22.4 Å². The molecule has 4 nitrogen and oxygen atoms in total. The van der Waals surface area contributed by atoms with Crippen LogP contribution in [0.5, 0.6) is 0 Å². The largest absolute Gasteiger partial charge is 0.301 e. The molecule has 3 rings (SSSR count). The number of nitrogens with zero attached hydrogens (tertiary/aromatic N) is 1. The number of hydrogen-bond donors (Lipinski definition) is 2. The predicted molar refractivity (Wildman–Crippen MR) is 85.6 cm³/mol. The number of rotatable bonds is 3. The second kappa shape index (κ2) is 5.95. The van der Waals surface area contributed by atoms with E-state index in [4.69, 9.17) is 0 Å². The molecule has 1 amide bonds. The smallest absolute Gasteiger partial charge is 0.243 e. The van der Waals surface area contributed by atoms with Crippen LogP contribution in [0, 0.1) is 0 Å². The number of benzene rings is 1. The number of anilines is 1. The van der Waals surface area contributed by atoms with Crippen LogP contribution in [0.25, 0.3) is 0 Å². The van der Waals surface area contributed by atoms with Crippen molar-refractivity contribution in [1.82, 2.24) is 10.3 Å². The Balaban J connectivity index is 1.66. The Bertz CT molecular complexity index is 650. The van der Waals surface area contributed by atoms with E-state index in [1.807, 2.05) is 17.5 Å². The van der Waals surface area contributed by atoms with Gasteiger partial charge in [-0.25, -0.2) is 4.98 Å². The monoisotopic (exact) mass is 301 g/mol. The lowest BCUT2D eigenvalue weighted by atomic mass is 9.95. The van der Waals surface area contributed by atoms with E-state index in [9.17, 15) is 4.79 Å². The van der Waals surface area contributed by atoms with Crippen LogP contribution in [0.1, 0.15) is 36.6 Å². The van der Waals surface area contributed by atoms with Crippen molar-refractivity contribution in [3.05, 3.63) is 46.5 Å². The summed E-state index contributed by atoms with van der Waals surface area (Å²) in [6.45, 7) is 4.93. The van der Waals surface area contributed by atoms with Crippen molar-refractivity contribution < 1.29 is 4.79 Å². The van der Waals surface area contributed by atoms with Crippen LogP contribution >= 0.6 is 11.3 Å². The van der Waals surface area contributed by atoms with Gasteiger partial charge in [-0.2, -0.15) is 0 Å². The summed E-state index contributed by atoms with van der Waals surface area (Å²) in [5, 5.41) is 8.90. The minimum atomic E-state index is -0.189. The molecule has 1 atom stereocenters. The number of thiazole rings is 1. The van der Waals surface area contributed by atoms with Gasteiger partial charge in [-0.3, -0.25) is 4.79 Å². The lowest BCUT2D eigenvalue weighted by Gasteiger charge is -2.24. The standard InChI is InChI=1S/C16H19N3OS/c1-10(2)14-9-21-16(18-14)19-15(20)13-7-11-5-3-4-6-12(11)8-17-13/h3-6,9-10,13,17H,7-8H2,1-2H3,(H,18,19,20)/t13-/m0/s1. The van der Waals surface area contributed by atoms with Gasteiger partial charge in [0.15, 0.2) is 5.13 Å². The number of aromatic nitrogens is 1. The van der Waals surface area contributed by atoms with Crippen LogP contribution in [0.2, 0.25) is 0 Å². The molecule has 0 spiro atoms. The number of nitrogens with one attached hydrogen (secondary N) is 2. The summed E-state index contributed by atoms with van der Waals surface area (Å²) < 4.78 is 0. The molecule has 0 saturated carbocycles. The summed E-state index contributed by atoms with van der Waals surface area (Å²) in [7, 11) is 0. The summed E-state index contributed by atoms with van der Waals surface area (Å²) in [5.74, 6) is 0.376. The first-order valence-electron chi connectivity index (χ1n) is 7.20. The van der Waals surface area contributed by atoms with E-state index in [2.05, 4.69) is 41.6 Å². The summed E-state index contributed by atoms with van der Waals surface area (Å²) in [4.78, 5) is 16.8. The Labute approximate surface area is 128 Å².